The number of aliphatic hydroxyl groups is 1. The summed E-state index contributed by atoms with van der Waals surface area (Å²) in [6, 6.07) is 11.4. The van der Waals surface area contributed by atoms with Crippen LogP contribution in [-0.2, 0) is 6.54 Å². The molecule has 1 aromatic heterocycles. The summed E-state index contributed by atoms with van der Waals surface area (Å²) in [5, 5.41) is 15.6. The van der Waals surface area contributed by atoms with E-state index in [1.165, 1.54) is 6.07 Å². The van der Waals surface area contributed by atoms with E-state index < -0.39 is 17.4 Å². The number of rotatable bonds is 8. The van der Waals surface area contributed by atoms with E-state index in [9.17, 15) is 13.9 Å². The predicted octanol–water partition coefficient (Wildman–Crippen LogP) is 3.92. The molecular weight excluding hydrogens is 408 g/mol. The molecule has 0 amide bonds. The van der Waals surface area contributed by atoms with Gasteiger partial charge in [0.1, 0.15) is 17.4 Å². The lowest BCUT2D eigenvalue weighted by Gasteiger charge is -2.41. The van der Waals surface area contributed by atoms with E-state index in [0.717, 1.165) is 59.7 Å². The highest BCUT2D eigenvalue weighted by Crippen LogP contribution is 2.24. The Bertz CT molecular complexity index is 960. The van der Waals surface area contributed by atoms with Gasteiger partial charge in [-0.2, -0.15) is 0 Å². The molecule has 3 aromatic rings. The number of piperidine rings is 1. The standard InChI is InChI=1S/C22H25F2N3O2S/c23-17-9-8-16(12-18(17)24)29-15-22(28,27-10-4-1-5-11-27)14-25-13-21-26-19-6-2-3-7-20(19)30-21/h2-3,6-9,12,25,28H,1,4-5,10-11,13-15H2. The van der Waals surface area contributed by atoms with Crippen molar-refractivity contribution >= 4 is 21.6 Å². The number of hydrogen-bond donors (Lipinski definition) is 2. The summed E-state index contributed by atoms with van der Waals surface area (Å²) in [4.78, 5) is 6.61. The molecule has 0 bridgehead atoms. The average Bonchev–Trinajstić information content (AvgIpc) is 3.18. The van der Waals surface area contributed by atoms with Crippen LogP contribution in [0.15, 0.2) is 42.5 Å². The molecule has 1 aliphatic heterocycles. The summed E-state index contributed by atoms with van der Waals surface area (Å²) in [5.41, 5.74) is -0.297. The van der Waals surface area contributed by atoms with Crippen molar-refractivity contribution in [2.75, 3.05) is 26.2 Å². The van der Waals surface area contributed by atoms with Gasteiger partial charge in [0.2, 0.25) is 0 Å². The van der Waals surface area contributed by atoms with Crippen LogP contribution in [0.3, 0.4) is 0 Å². The molecule has 2 N–H and O–H groups in total. The number of para-hydroxylation sites is 1. The highest BCUT2D eigenvalue weighted by Gasteiger charge is 2.36. The minimum Gasteiger partial charge on any atom is -0.489 e. The quantitative estimate of drug-likeness (QED) is 0.564. The van der Waals surface area contributed by atoms with E-state index in [0.29, 0.717) is 6.54 Å². The summed E-state index contributed by atoms with van der Waals surface area (Å²) < 4.78 is 33.4. The van der Waals surface area contributed by atoms with Gasteiger partial charge < -0.3 is 15.2 Å². The lowest BCUT2D eigenvalue weighted by molar-refractivity contribution is -0.136. The Morgan fingerprint density at radius 1 is 1.10 bits per heavy atom. The van der Waals surface area contributed by atoms with Crippen LogP contribution in [0.25, 0.3) is 10.2 Å². The van der Waals surface area contributed by atoms with Crippen LogP contribution in [0.5, 0.6) is 5.75 Å². The molecule has 0 radical (unpaired) electrons. The first kappa shape index (κ1) is 21.1. The monoisotopic (exact) mass is 433 g/mol. The second kappa shape index (κ2) is 9.34. The van der Waals surface area contributed by atoms with E-state index in [1.807, 2.05) is 29.2 Å². The zero-order valence-electron chi connectivity index (χ0n) is 16.6. The number of fused-ring (bicyclic) bond motifs is 1. The van der Waals surface area contributed by atoms with E-state index in [2.05, 4.69) is 10.3 Å². The zero-order chi connectivity index (χ0) is 21.0. The van der Waals surface area contributed by atoms with Gasteiger partial charge in [-0.15, -0.1) is 11.3 Å². The molecule has 160 valence electrons. The van der Waals surface area contributed by atoms with E-state index in [-0.39, 0.29) is 18.9 Å². The van der Waals surface area contributed by atoms with Crippen LogP contribution in [0, 0.1) is 11.6 Å². The van der Waals surface area contributed by atoms with E-state index >= 15 is 0 Å². The van der Waals surface area contributed by atoms with Crippen molar-refractivity contribution in [3.8, 4) is 5.75 Å². The van der Waals surface area contributed by atoms with Gasteiger partial charge in [0, 0.05) is 32.2 Å². The van der Waals surface area contributed by atoms with Gasteiger partial charge in [0.25, 0.3) is 0 Å². The number of thiazole rings is 1. The topological polar surface area (TPSA) is 57.6 Å². The van der Waals surface area contributed by atoms with Crippen LogP contribution in [-0.4, -0.2) is 47.0 Å². The summed E-state index contributed by atoms with van der Waals surface area (Å²) in [6.45, 7) is 2.28. The number of halogens is 2. The normalized spacial score (nSPS) is 17.2. The first-order valence-electron chi connectivity index (χ1n) is 10.1. The molecule has 8 heteroatoms. The van der Waals surface area contributed by atoms with E-state index in [4.69, 9.17) is 4.74 Å². The van der Waals surface area contributed by atoms with Crippen LogP contribution >= 0.6 is 11.3 Å². The molecule has 1 aliphatic rings. The van der Waals surface area contributed by atoms with Crippen molar-refractivity contribution < 1.29 is 18.6 Å². The molecule has 1 unspecified atom stereocenters. The molecule has 1 fully saturated rings. The van der Waals surface area contributed by atoms with Crippen molar-refractivity contribution in [1.29, 1.82) is 0 Å². The SMILES string of the molecule is OC(CNCc1nc2ccccc2s1)(COc1ccc(F)c(F)c1)N1CCCCC1. The molecule has 1 atom stereocenters. The fourth-order valence-electron chi connectivity index (χ4n) is 3.69. The second-order valence-corrected chi connectivity index (χ2v) is 8.69. The van der Waals surface area contributed by atoms with Gasteiger partial charge in [-0.1, -0.05) is 18.6 Å². The minimum atomic E-state index is -1.26. The summed E-state index contributed by atoms with van der Waals surface area (Å²) in [7, 11) is 0. The molecule has 2 aromatic carbocycles. The molecule has 5 nitrogen and oxygen atoms in total. The van der Waals surface area contributed by atoms with Gasteiger partial charge in [-0.25, -0.2) is 13.8 Å². The number of likely N-dealkylation sites (tertiary alicyclic amines) is 1. The molecule has 0 saturated carbocycles. The Labute approximate surface area is 178 Å². The molecule has 0 spiro atoms. The highest BCUT2D eigenvalue weighted by atomic mass is 32.1. The Kier molecular flexibility index (Phi) is 6.58. The third kappa shape index (κ3) is 4.95. The van der Waals surface area contributed by atoms with Gasteiger partial charge >= 0.3 is 0 Å². The Balaban J connectivity index is 1.42. The first-order chi connectivity index (χ1) is 14.5. The minimum absolute atomic E-state index is 0.0507. The second-order valence-electron chi connectivity index (χ2n) is 7.57. The van der Waals surface area contributed by atoms with E-state index in [1.54, 1.807) is 11.3 Å². The Morgan fingerprint density at radius 2 is 1.90 bits per heavy atom. The van der Waals surface area contributed by atoms with Crippen molar-refractivity contribution in [1.82, 2.24) is 15.2 Å². The number of benzene rings is 2. The fraction of sp³-hybridized carbons (Fsp3) is 0.409. The maximum atomic E-state index is 13.5. The van der Waals surface area contributed by atoms with Crippen molar-refractivity contribution in [3.05, 3.63) is 59.1 Å². The van der Waals surface area contributed by atoms with Gasteiger partial charge in [-0.05, 0) is 37.1 Å². The molecule has 30 heavy (non-hydrogen) atoms. The smallest absolute Gasteiger partial charge is 0.165 e. The maximum absolute atomic E-state index is 13.5. The Morgan fingerprint density at radius 3 is 2.67 bits per heavy atom. The van der Waals surface area contributed by atoms with Crippen LogP contribution in [0.4, 0.5) is 8.78 Å². The van der Waals surface area contributed by atoms with Gasteiger partial charge in [-0.3, -0.25) is 4.90 Å². The molecule has 0 aliphatic carbocycles. The van der Waals surface area contributed by atoms with Crippen molar-refractivity contribution in [3.63, 3.8) is 0 Å². The van der Waals surface area contributed by atoms with Gasteiger partial charge in [0.15, 0.2) is 17.4 Å². The largest absolute Gasteiger partial charge is 0.489 e. The summed E-state index contributed by atoms with van der Waals surface area (Å²) >= 11 is 1.62. The van der Waals surface area contributed by atoms with Crippen molar-refractivity contribution in [2.24, 2.45) is 0 Å². The number of nitrogens with one attached hydrogen (secondary N) is 1. The average molecular weight is 434 g/mol. The zero-order valence-corrected chi connectivity index (χ0v) is 17.4. The lowest BCUT2D eigenvalue weighted by atomic mass is 10.1. The highest BCUT2D eigenvalue weighted by molar-refractivity contribution is 7.18. The molecule has 4 rings (SSSR count). The Hall–Kier alpha value is -2.13. The fourth-order valence-corrected chi connectivity index (χ4v) is 4.63. The number of ether oxygens (including phenoxy) is 1. The predicted molar refractivity (Wildman–Crippen MR) is 114 cm³/mol. The first-order valence-corrected chi connectivity index (χ1v) is 11.0. The molecule has 1 saturated heterocycles. The lowest BCUT2D eigenvalue weighted by Crippen LogP contribution is -2.59. The van der Waals surface area contributed by atoms with Crippen LogP contribution < -0.4 is 10.1 Å². The summed E-state index contributed by atoms with van der Waals surface area (Å²) in [6.07, 6.45) is 3.15. The number of hydrogen-bond acceptors (Lipinski definition) is 6. The third-order valence-electron chi connectivity index (χ3n) is 5.33. The van der Waals surface area contributed by atoms with Crippen LogP contribution in [0.1, 0.15) is 24.3 Å². The van der Waals surface area contributed by atoms with Crippen molar-refractivity contribution in [2.45, 2.75) is 31.5 Å². The van der Waals surface area contributed by atoms with Crippen LogP contribution in [0.2, 0.25) is 0 Å². The number of aromatic nitrogens is 1. The third-order valence-corrected chi connectivity index (χ3v) is 6.36. The number of nitrogens with zero attached hydrogens (tertiary/aromatic N) is 2. The maximum Gasteiger partial charge on any atom is 0.165 e. The van der Waals surface area contributed by atoms with Gasteiger partial charge in [0.05, 0.1) is 10.2 Å². The molecule has 2 heterocycles. The summed E-state index contributed by atoms with van der Waals surface area (Å²) in [5.74, 6) is -1.70. The molecular formula is C22H25F2N3O2S.